The Balaban J connectivity index is 1.61. The van der Waals surface area contributed by atoms with E-state index in [4.69, 9.17) is 16.1 Å². The van der Waals surface area contributed by atoms with E-state index in [1.807, 2.05) is 35.0 Å². The van der Waals surface area contributed by atoms with Crippen LogP contribution in [0.25, 0.3) is 16.9 Å². The molecule has 4 aromatic rings. The first-order valence-electron chi connectivity index (χ1n) is 9.26. The van der Waals surface area contributed by atoms with Gasteiger partial charge in [0.2, 0.25) is 5.91 Å². The lowest BCUT2D eigenvalue weighted by Gasteiger charge is -2.12. The highest BCUT2D eigenvalue weighted by atomic mass is 35.5. The first-order valence-corrected chi connectivity index (χ1v) is 10.6. The fourth-order valence-electron chi connectivity index (χ4n) is 2.94. The summed E-state index contributed by atoms with van der Waals surface area (Å²) in [5.74, 6) is 1.04. The lowest BCUT2D eigenvalue weighted by atomic mass is 10.1. The summed E-state index contributed by atoms with van der Waals surface area (Å²) in [4.78, 5) is 16.9. The standard InChI is InChI=1S/C22H19ClN4O2S/c1-14-3-5-16(6-4-14)19-12-24-22(27(19)18-9-7-17(23)8-10-18)30-13-21(28)25-20-11-15(2)29-26-20/h3-12H,13H2,1-2H3,(H,25,26,28). The van der Waals surface area contributed by atoms with E-state index in [1.54, 1.807) is 13.0 Å². The van der Waals surface area contributed by atoms with Gasteiger partial charge in [0, 0.05) is 22.3 Å². The van der Waals surface area contributed by atoms with E-state index in [9.17, 15) is 4.79 Å². The van der Waals surface area contributed by atoms with Gasteiger partial charge in [-0.15, -0.1) is 0 Å². The molecular weight excluding hydrogens is 420 g/mol. The molecule has 2 aromatic heterocycles. The highest BCUT2D eigenvalue weighted by molar-refractivity contribution is 7.99. The molecule has 6 nitrogen and oxygen atoms in total. The maximum atomic E-state index is 12.3. The zero-order valence-corrected chi connectivity index (χ0v) is 18.0. The van der Waals surface area contributed by atoms with E-state index in [1.165, 1.54) is 17.3 Å². The van der Waals surface area contributed by atoms with Crippen LogP contribution in [-0.2, 0) is 4.79 Å². The van der Waals surface area contributed by atoms with Gasteiger partial charge < -0.3 is 9.84 Å². The third-order valence-corrected chi connectivity index (χ3v) is 5.59. The zero-order valence-electron chi connectivity index (χ0n) is 16.4. The molecule has 2 heterocycles. The number of aromatic nitrogens is 3. The second-order valence-electron chi connectivity index (χ2n) is 6.76. The van der Waals surface area contributed by atoms with Crippen molar-refractivity contribution in [2.24, 2.45) is 0 Å². The number of carbonyl (C=O) groups excluding carboxylic acids is 1. The van der Waals surface area contributed by atoms with Crippen LogP contribution in [0, 0.1) is 13.8 Å². The molecule has 0 aliphatic carbocycles. The Kier molecular flexibility index (Phi) is 5.92. The summed E-state index contributed by atoms with van der Waals surface area (Å²) in [6.07, 6.45) is 1.82. The van der Waals surface area contributed by atoms with Crippen LogP contribution in [0.15, 0.2) is 70.5 Å². The van der Waals surface area contributed by atoms with Crippen molar-refractivity contribution < 1.29 is 9.32 Å². The van der Waals surface area contributed by atoms with Crippen molar-refractivity contribution in [1.82, 2.24) is 14.7 Å². The van der Waals surface area contributed by atoms with E-state index >= 15 is 0 Å². The fraction of sp³-hybridized carbons (Fsp3) is 0.136. The summed E-state index contributed by atoms with van der Waals surface area (Å²) < 4.78 is 7.00. The molecule has 0 saturated carbocycles. The fourth-order valence-corrected chi connectivity index (χ4v) is 3.86. The van der Waals surface area contributed by atoms with Gasteiger partial charge in [0.15, 0.2) is 11.0 Å². The lowest BCUT2D eigenvalue weighted by molar-refractivity contribution is -0.113. The molecule has 8 heteroatoms. The van der Waals surface area contributed by atoms with Crippen LogP contribution < -0.4 is 5.32 Å². The molecular formula is C22H19ClN4O2S. The Morgan fingerprint density at radius 2 is 1.87 bits per heavy atom. The van der Waals surface area contributed by atoms with Crippen LogP contribution >= 0.6 is 23.4 Å². The van der Waals surface area contributed by atoms with E-state index in [-0.39, 0.29) is 11.7 Å². The van der Waals surface area contributed by atoms with Gasteiger partial charge in [0.25, 0.3) is 0 Å². The molecule has 0 unspecified atom stereocenters. The van der Waals surface area contributed by atoms with Crippen LogP contribution in [0.3, 0.4) is 0 Å². The van der Waals surface area contributed by atoms with Gasteiger partial charge in [-0.05, 0) is 38.1 Å². The molecule has 2 aromatic carbocycles. The van der Waals surface area contributed by atoms with Gasteiger partial charge in [-0.2, -0.15) is 0 Å². The summed E-state index contributed by atoms with van der Waals surface area (Å²) in [5, 5.41) is 7.88. The quantitative estimate of drug-likeness (QED) is 0.401. The average Bonchev–Trinajstić information content (AvgIpc) is 3.34. The molecule has 0 radical (unpaired) electrons. The number of halogens is 1. The number of benzene rings is 2. The van der Waals surface area contributed by atoms with E-state index in [0.29, 0.717) is 21.8 Å². The van der Waals surface area contributed by atoms with E-state index < -0.39 is 0 Å². The Morgan fingerprint density at radius 3 is 2.53 bits per heavy atom. The SMILES string of the molecule is Cc1ccc(-c2cnc(SCC(=O)Nc3cc(C)on3)n2-c2ccc(Cl)cc2)cc1. The van der Waals surface area contributed by atoms with Gasteiger partial charge in [-0.3, -0.25) is 9.36 Å². The molecule has 0 fully saturated rings. The molecule has 152 valence electrons. The second kappa shape index (κ2) is 8.77. The predicted molar refractivity (Wildman–Crippen MR) is 119 cm³/mol. The van der Waals surface area contributed by atoms with Gasteiger partial charge in [0.1, 0.15) is 5.76 Å². The number of hydrogen-bond donors (Lipinski definition) is 1. The number of anilines is 1. The summed E-state index contributed by atoms with van der Waals surface area (Å²) in [5.41, 5.74) is 4.08. The number of nitrogens with zero attached hydrogens (tertiary/aromatic N) is 3. The third kappa shape index (κ3) is 4.58. The minimum absolute atomic E-state index is 0.184. The minimum Gasteiger partial charge on any atom is -0.360 e. The molecule has 0 aliphatic rings. The van der Waals surface area contributed by atoms with Gasteiger partial charge in [0.05, 0.1) is 17.6 Å². The molecule has 0 spiro atoms. The van der Waals surface area contributed by atoms with Crippen molar-refractivity contribution in [2.75, 3.05) is 11.1 Å². The number of amides is 1. The molecule has 4 rings (SSSR count). The Hall–Kier alpha value is -3.03. The predicted octanol–water partition coefficient (Wildman–Crippen LogP) is 5.53. The normalized spacial score (nSPS) is 10.9. The molecule has 0 saturated heterocycles. The first-order chi connectivity index (χ1) is 14.5. The van der Waals surface area contributed by atoms with Crippen LogP contribution in [0.1, 0.15) is 11.3 Å². The van der Waals surface area contributed by atoms with E-state index in [2.05, 4.69) is 46.6 Å². The van der Waals surface area contributed by atoms with Gasteiger partial charge in [-0.1, -0.05) is 58.3 Å². The second-order valence-corrected chi connectivity index (χ2v) is 8.14. The largest absolute Gasteiger partial charge is 0.360 e. The smallest absolute Gasteiger partial charge is 0.236 e. The molecule has 0 bridgehead atoms. The van der Waals surface area contributed by atoms with Crippen LogP contribution in [0.4, 0.5) is 5.82 Å². The van der Waals surface area contributed by atoms with Crippen molar-refractivity contribution in [1.29, 1.82) is 0 Å². The number of nitrogens with one attached hydrogen (secondary N) is 1. The molecule has 1 N–H and O–H groups in total. The van der Waals surface area contributed by atoms with Crippen molar-refractivity contribution in [3.8, 4) is 16.9 Å². The highest BCUT2D eigenvalue weighted by Crippen LogP contribution is 2.30. The topological polar surface area (TPSA) is 73.0 Å². The van der Waals surface area contributed by atoms with Crippen LogP contribution in [0.2, 0.25) is 5.02 Å². The summed E-state index contributed by atoms with van der Waals surface area (Å²) in [6, 6.07) is 17.5. The maximum absolute atomic E-state index is 12.3. The number of thioether (sulfide) groups is 1. The lowest BCUT2D eigenvalue weighted by Crippen LogP contribution is -2.14. The minimum atomic E-state index is -0.184. The third-order valence-electron chi connectivity index (χ3n) is 4.39. The summed E-state index contributed by atoms with van der Waals surface area (Å²) in [6.45, 7) is 3.82. The van der Waals surface area contributed by atoms with Crippen molar-refractivity contribution in [2.45, 2.75) is 19.0 Å². The van der Waals surface area contributed by atoms with Crippen molar-refractivity contribution >= 4 is 35.1 Å². The molecule has 1 amide bonds. The number of imidazole rings is 1. The molecule has 30 heavy (non-hydrogen) atoms. The Labute approximate surface area is 183 Å². The maximum Gasteiger partial charge on any atom is 0.236 e. The van der Waals surface area contributed by atoms with Gasteiger partial charge >= 0.3 is 0 Å². The van der Waals surface area contributed by atoms with Gasteiger partial charge in [-0.25, -0.2) is 4.98 Å². The number of carbonyl (C=O) groups is 1. The highest BCUT2D eigenvalue weighted by Gasteiger charge is 2.16. The number of aryl methyl sites for hydroxylation is 2. The summed E-state index contributed by atoms with van der Waals surface area (Å²) in [7, 11) is 0. The van der Waals surface area contributed by atoms with E-state index in [0.717, 1.165) is 16.9 Å². The Bertz CT molecular complexity index is 1170. The Morgan fingerprint density at radius 1 is 1.13 bits per heavy atom. The zero-order chi connectivity index (χ0) is 21.1. The van der Waals surface area contributed by atoms with Crippen LogP contribution in [-0.4, -0.2) is 26.4 Å². The monoisotopic (exact) mass is 438 g/mol. The first kappa shape index (κ1) is 20.3. The van der Waals surface area contributed by atoms with Crippen molar-refractivity contribution in [3.05, 3.63) is 77.1 Å². The molecule has 0 atom stereocenters. The number of rotatable bonds is 6. The average molecular weight is 439 g/mol. The molecule has 0 aliphatic heterocycles. The summed E-state index contributed by atoms with van der Waals surface area (Å²) >= 11 is 7.42. The van der Waals surface area contributed by atoms with Crippen molar-refractivity contribution in [3.63, 3.8) is 0 Å². The number of hydrogen-bond acceptors (Lipinski definition) is 5. The van der Waals surface area contributed by atoms with Crippen LogP contribution in [0.5, 0.6) is 0 Å².